The van der Waals surface area contributed by atoms with Gasteiger partial charge in [-0.05, 0) is 57.4 Å². The quantitative estimate of drug-likeness (QED) is 0.269. The molecule has 0 aliphatic carbocycles. The third-order valence-electron chi connectivity index (χ3n) is 3.00. The summed E-state index contributed by atoms with van der Waals surface area (Å²) >= 11 is 4.49. The zero-order chi connectivity index (χ0) is 14.1. The van der Waals surface area contributed by atoms with Gasteiger partial charge < -0.3 is 0 Å². The molecule has 111 valence electrons. The van der Waals surface area contributed by atoms with Gasteiger partial charge in [0, 0.05) is 0 Å². The molecule has 17 heavy (non-hydrogen) atoms. The van der Waals surface area contributed by atoms with Gasteiger partial charge in [-0.2, -0.15) is 0 Å². The van der Waals surface area contributed by atoms with Gasteiger partial charge in [-0.1, -0.05) is 0 Å². The van der Waals surface area contributed by atoms with Gasteiger partial charge in [-0.25, -0.2) is 0 Å². The maximum absolute atomic E-state index is 2.31. The van der Waals surface area contributed by atoms with Crippen molar-refractivity contribution in [3.8, 4) is 0 Å². The van der Waals surface area contributed by atoms with Crippen LogP contribution >= 0.6 is 56.7 Å². The monoisotopic (exact) mass is 551 g/mol. The fourth-order valence-corrected chi connectivity index (χ4v) is 4.50. The average Bonchev–Trinajstić information content (AvgIpc) is 2.35. The van der Waals surface area contributed by atoms with Crippen molar-refractivity contribution in [2.75, 3.05) is 37.0 Å². The van der Waals surface area contributed by atoms with Crippen LogP contribution in [0.2, 0.25) is 0 Å². The maximum atomic E-state index is 2.31. The third-order valence-corrected chi connectivity index (χ3v) is 9.00. The zero-order valence-electron chi connectivity index (χ0n) is 12.3. The second-order valence-corrected chi connectivity index (χ2v) is 19.7. The molecule has 0 aliphatic heterocycles. The van der Waals surface area contributed by atoms with E-state index in [0.717, 1.165) is 0 Å². The average molecular weight is 551 g/mol. The van der Waals surface area contributed by atoms with Gasteiger partial charge in [0.1, 0.15) is 0 Å². The van der Waals surface area contributed by atoms with E-state index in [1.807, 2.05) is 0 Å². The van der Waals surface area contributed by atoms with Crippen LogP contribution in [0, 0.1) is 0 Å². The first kappa shape index (κ1) is 24.8. The van der Waals surface area contributed by atoms with Crippen molar-refractivity contribution in [1.82, 2.24) is 0 Å². The minimum atomic E-state index is 0.137. The molecule has 0 bridgehead atoms. The van der Waals surface area contributed by atoms with E-state index in [0.29, 0.717) is 0 Å². The number of hydrogen-bond donors (Lipinski definition) is 0. The number of halogens is 2. The van der Waals surface area contributed by atoms with E-state index in [2.05, 4.69) is 82.4 Å². The summed E-state index contributed by atoms with van der Waals surface area (Å²) in [5, 5.41) is 0. The fraction of sp³-hybridized carbons (Fsp3) is 1.00. The molecule has 0 unspecified atom stereocenters. The van der Waals surface area contributed by atoms with Crippen molar-refractivity contribution < 1.29 is 8.26 Å². The molecular weight excluding hydrogens is 519 g/mol. The first-order valence-electron chi connectivity index (χ1n) is 6.62. The Morgan fingerprint density at radius 1 is 0.588 bits per heavy atom. The summed E-state index contributed by atoms with van der Waals surface area (Å²) in [5.41, 5.74) is 0. The molecular formula is C12H32CoI2P2+2. The summed E-state index contributed by atoms with van der Waals surface area (Å²) in [6.45, 7) is 13.8. The Labute approximate surface area is 142 Å². The van der Waals surface area contributed by atoms with Crippen molar-refractivity contribution >= 4 is 56.7 Å². The van der Waals surface area contributed by atoms with Crippen molar-refractivity contribution in [2.24, 2.45) is 0 Å². The Morgan fingerprint density at radius 3 is 0.706 bits per heavy atom. The Kier molecular flexibility index (Phi) is 34.9. The van der Waals surface area contributed by atoms with Crippen LogP contribution in [0.15, 0.2) is 0 Å². The van der Waals surface area contributed by atoms with E-state index >= 15 is 0 Å². The molecule has 0 heterocycles. The molecule has 0 aromatic carbocycles. The van der Waals surface area contributed by atoms with E-state index < -0.39 is 0 Å². The summed E-state index contributed by atoms with van der Waals surface area (Å²) in [5.74, 6) is 0. The molecule has 0 rings (SSSR count). The topological polar surface area (TPSA) is 0 Å². The van der Waals surface area contributed by atoms with Gasteiger partial charge >= 0.3 is 49.1 Å². The Morgan fingerprint density at radius 2 is 0.706 bits per heavy atom. The van der Waals surface area contributed by atoms with Gasteiger partial charge in [-0.3, -0.25) is 0 Å². The van der Waals surface area contributed by atoms with Crippen LogP contribution in [-0.4, -0.2) is 37.0 Å². The molecule has 0 radical (unpaired) electrons. The molecule has 0 aromatic heterocycles. The van der Waals surface area contributed by atoms with E-state index in [4.69, 9.17) is 0 Å². The summed E-state index contributed by atoms with van der Waals surface area (Å²) in [6.07, 6.45) is 8.74. The molecule has 0 aliphatic rings. The van der Waals surface area contributed by atoms with Gasteiger partial charge in [-0.15, -0.1) is 0 Å². The van der Waals surface area contributed by atoms with Crippen molar-refractivity contribution in [3.63, 3.8) is 0 Å². The Balaban J connectivity index is -0.000000188. The SMILES string of the molecule is CC[PH+](CC)CC.CC[PH+](CC)CC.[I][Co][I]. The first-order chi connectivity index (χ1) is 8.11. The van der Waals surface area contributed by atoms with Crippen LogP contribution < -0.4 is 0 Å². The molecule has 0 amide bonds. The minimum absolute atomic E-state index is 0.137. The molecule has 0 N–H and O–H groups in total. The Hall–Kier alpha value is 2.83. The van der Waals surface area contributed by atoms with Gasteiger partial charge in [0.25, 0.3) is 0 Å². The molecule has 0 saturated carbocycles. The Bertz CT molecular complexity index is 87.7. The predicted molar refractivity (Wildman–Crippen MR) is 108 cm³/mol. The van der Waals surface area contributed by atoms with Crippen LogP contribution in [0.3, 0.4) is 0 Å². The summed E-state index contributed by atoms with van der Waals surface area (Å²) in [7, 11) is 1.65. The van der Waals surface area contributed by atoms with Crippen LogP contribution in [0.25, 0.3) is 0 Å². The number of hydrogen-bond acceptors (Lipinski definition) is 0. The van der Waals surface area contributed by atoms with E-state index in [9.17, 15) is 0 Å². The van der Waals surface area contributed by atoms with E-state index in [1.165, 1.54) is 45.2 Å². The predicted octanol–water partition coefficient (Wildman–Crippen LogP) is 6.29. The molecule has 0 saturated heterocycles. The molecule has 0 aromatic rings. The first-order valence-corrected chi connectivity index (χ1v) is 17.6. The zero-order valence-corrected chi connectivity index (χ0v) is 19.7. The van der Waals surface area contributed by atoms with Crippen LogP contribution in [-0.2, 0) is 8.26 Å². The van der Waals surface area contributed by atoms with Gasteiger partial charge in [0.2, 0.25) is 0 Å². The molecule has 0 spiro atoms. The summed E-state index contributed by atoms with van der Waals surface area (Å²) in [6, 6.07) is 0. The van der Waals surface area contributed by atoms with Crippen LogP contribution in [0.1, 0.15) is 41.5 Å². The van der Waals surface area contributed by atoms with Crippen molar-refractivity contribution in [1.29, 1.82) is 0 Å². The fourth-order valence-electron chi connectivity index (χ4n) is 1.50. The van der Waals surface area contributed by atoms with Crippen molar-refractivity contribution in [2.45, 2.75) is 41.5 Å². The molecule has 0 nitrogen and oxygen atoms in total. The second kappa shape index (κ2) is 23.9. The molecule has 5 heteroatoms. The van der Waals surface area contributed by atoms with E-state index in [-0.39, 0.29) is 15.8 Å². The summed E-state index contributed by atoms with van der Waals surface area (Å²) in [4.78, 5) is 0. The van der Waals surface area contributed by atoms with Crippen molar-refractivity contribution in [3.05, 3.63) is 0 Å². The second-order valence-electron chi connectivity index (χ2n) is 3.67. The summed E-state index contributed by atoms with van der Waals surface area (Å²) < 4.78 is 0. The van der Waals surface area contributed by atoms with Gasteiger partial charge in [0.15, 0.2) is 0 Å². The molecule has 0 fully saturated rings. The molecule has 0 atom stereocenters. The standard InChI is InChI=1S/2C6H15P.Co.2HI/c2*1-4-7(5-2)6-3;;;/h2*4-6H2,1-3H3;;2*1H/q;;+2;;. The number of rotatable bonds is 6. The third kappa shape index (κ3) is 24.2. The normalized spacial score (nSPS) is 9.76. The van der Waals surface area contributed by atoms with Crippen LogP contribution in [0.5, 0.6) is 0 Å². The van der Waals surface area contributed by atoms with E-state index in [1.54, 1.807) is 0 Å². The van der Waals surface area contributed by atoms with Gasteiger partial charge in [0.05, 0.1) is 37.0 Å². The van der Waals surface area contributed by atoms with Crippen LogP contribution in [0.4, 0.5) is 0 Å².